The Bertz CT molecular complexity index is 1090. The van der Waals surface area contributed by atoms with Crippen molar-refractivity contribution < 1.29 is 4.74 Å². The molecule has 4 rings (SSSR count). The lowest BCUT2D eigenvalue weighted by Crippen LogP contribution is -2.30. The second-order valence-corrected chi connectivity index (χ2v) is 7.58. The van der Waals surface area contributed by atoms with E-state index in [0.717, 1.165) is 35.2 Å². The van der Waals surface area contributed by atoms with Gasteiger partial charge in [0.2, 0.25) is 5.88 Å². The van der Waals surface area contributed by atoms with E-state index in [4.69, 9.17) is 4.74 Å². The summed E-state index contributed by atoms with van der Waals surface area (Å²) in [6.07, 6.45) is 6.16. The highest BCUT2D eigenvalue weighted by molar-refractivity contribution is 5.90. The molecule has 0 bridgehead atoms. The number of rotatable bonds is 6. The molecule has 1 atom stereocenters. The van der Waals surface area contributed by atoms with Crippen LogP contribution in [0.25, 0.3) is 22.3 Å². The molecule has 3 aromatic rings. The van der Waals surface area contributed by atoms with E-state index < -0.39 is 0 Å². The maximum atomic E-state index is 13.1. The maximum Gasteiger partial charge on any atom is 0.273 e. The average molecular weight is 378 g/mol. The zero-order chi connectivity index (χ0) is 19.8. The van der Waals surface area contributed by atoms with Crippen LogP contribution < -0.4 is 10.3 Å². The number of nitrogens with zero attached hydrogens (tertiary/aromatic N) is 4. The van der Waals surface area contributed by atoms with Crippen LogP contribution in [0.15, 0.2) is 29.2 Å². The second kappa shape index (κ2) is 7.34. The van der Waals surface area contributed by atoms with E-state index in [0.29, 0.717) is 23.1 Å². The molecule has 1 aliphatic rings. The maximum absolute atomic E-state index is 13.1. The molecule has 0 unspecified atom stereocenters. The standard InChI is InChI=1S/C22H26N4O2/c1-5-6-18(15-7-8-15)26-21-20(25-14(3)22(26)27)17(11-12-23-21)16-9-10-19(28-4)24-13(16)2/h9-12,15,18H,5-8H2,1-4H3/t18-/m0/s1. The molecule has 0 amide bonds. The normalized spacial score (nSPS) is 15.0. The molecule has 28 heavy (non-hydrogen) atoms. The summed E-state index contributed by atoms with van der Waals surface area (Å²) in [7, 11) is 1.61. The fraction of sp³-hybridized carbons (Fsp3) is 0.455. The Labute approximate surface area is 164 Å². The monoisotopic (exact) mass is 378 g/mol. The number of methoxy groups -OCH3 is 1. The van der Waals surface area contributed by atoms with E-state index in [1.165, 1.54) is 12.8 Å². The minimum Gasteiger partial charge on any atom is -0.481 e. The molecule has 0 spiro atoms. The van der Waals surface area contributed by atoms with Crippen LogP contribution in [0.4, 0.5) is 0 Å². The third-order valence-corrected chi connectivity index (χ3v) is 5.58. The van der Waals surface area contributed by atoms with E-state index in [1.807, 2.05) is 29.7 Å². The third kappa shape index (κ3) is 3.17. The van der Waals surface area contributed by atoms with Crippen LogP contribution >= 0.6 is 0 Å². The fourth-order valence-electron chi connectivity index (χ4n) is 4.03. The van der Waals surface area contributed by atoms with Gasteiger partial charge in [0.15, 0.2) is 5.65 Å². The summed E-state index contributed by atoms with van der Waals surface area (Å²) in [6, 6.07) is 5.99. The van der Waals surface area contributed by atoms with Gasteiger partial charge in [0, 0.05) is 35.1 Å². The number of fused-ring (bicyclic) bond motifs is 1. The van der Waals surface area contributed by atoms with Crippen LogP contribution in [0, 0.1) is 19.8 Å². The minimum absolute atomic E-state index is 0.0212. The average Bonchev–Trinajstić information content (AvgIpc) is 3.53. The molecule has 0 N–H and O–H groups in total. The van der Waals surface area contributed by atoms with Crippen LogP contribution in [0.1, 0.15) is 50.0 Å². The first-order valence-corrected chi connectivity index (χ1v) is 9.95. The van der Waals surface area contributed by atoms with E-state index in [2.05, 4.69) is 21.9 Å². The van der Waals surface area contributed by atoms with Crippen LogP contribution in [-0.4, -0.2) is 26.6 Å². The molecular weight excluding hydrogens is 352 g/mol. The minimum atomic E-state index is -0.0212. The van der Waals surface area contributed by atoms with Gasteiger partial charge in [-0.3, -0.25) is 9.36 Å². The van der Waals surface area contributed by atoms with Crippen LogP contribution in [0.2, 0.25) is 0 Å². The molecule has 146 valence electrons. The van der Waals surface area contributed by atoms with E-state index in [1.54, 1.807) is 20.2 Å². The predicted molar refractivity (Wildman–Crippen MR) is 110 cm³/mol. The summed E-state index contributed by atoms with van der Waals surface area (Å²) >= 11 is 0. The highest BCUT2D eigenvalue weighted by Gasteiger charge is 2.34. The SMILES string of the molecule is CCC[C@@H](C1CC1)n1c(=O)c(C)nc2c(-c3ccc(OC)nc3C)ccnc21. The van der Waals surface area contributed by atoms with Crippen molar-refractivity contribution in [3.05, 3.63) is 46.1 Å². The van der Waals surface area contributed by atoms with Crippen LogP contribution in [0.3, 0.4) is 0 Å². The number of pyridine rings is 2. The molecule has 3 heterocycles. The van der Waals surface area contributed by atoms with E-state index in [9.17, 15) is 4.79 Å². The molecule has 1 saturated carbocycles. The predicted octanol–water partition coefficient (Wildman–Crippen LogP) is 4.23. The summed E-state index contributed by atoms with van der Waals surface area (Å²) in [6.45, 7) is 5.92. The summed E-state index contributed by atoms with van der Waals surface area (Å²) in [4.78, 5) is 26.8. The van der Waals surface area contributed by atoms with Gasteiger partial charge in [-0.1, -0.05) is 13.3 Å². The first-order chi connectivity index (χ1) is 13.5. The molecule has 1 fully saturated rings. The Balaban J connectivity index is 1.97. The lowest BCUT2D eigenvalue weighted by Gasteiger charge is -2.22. The molecule has 6 nitrogen and oxygen atoms in total. The Morgan fingerprint density at radius 3 is 2.57 bits per heavy atom. The smallest absolute Gasteiger partial charge is 0.273 e. The quantitative estimate of drug-likeness (QED) is 0.642. The third-order valence-electron chi connectivity index (χ3n) is 5.58. The highest BCUT2D eigenvalue weighted by Crippen LogP contribution is 2.42. The number of aromatic nitrogens is 4. The molecule has 6 heteroatoms. The molecule has 0 aromatic carbocycles. The van der Waals surface area contributed by atoms with Gasteiger partial charge in [-0.25, -0.2) is 15.0 Å². The largest absolute Gasteiger partial charge is 0.481 e. The van der Waals surface area contributed by atoms with Crippen molar-refractivity contribution in [1.82, 2.24) is 19.5 Å². The summed E-state index contributed by atoms with van der Waals surface area (Å²) in [5.41, 5.74) is 4.71. The van der Waals surface area contributed by atoms with E-state index in [-0.39, 0.29) is 11.6 Å². The van der Waals surface area contributed by atoms with Gasteiger partial charge in [0.1, 0.15) is 11.2 Å². The van der Waals surface area contributed by atoms with E-state index >= 15 is 0 Å². The van der Waals surface area contributed by atoms with Crippen molar-refractivity contribution in [3.63, 3.8) is 0 Å². The summed E-state index contributed by atoms with van der Waals surface area (Å²) < 4.78 is 7.15. The lowest BCUT2D eigenvalue weighted by molar-refractivity contribution is 0.397. The molecule has 0 radical (unpaired) electrons. The van der Waals surface area contributed by atoms with Crippen molar-refractivity contribution in [1.29, 1.82) is 0 Å². The van der Waals surface area contributed by atoms with Crippen molar-refractivity contribution in [2.45, 2.75) is 52.5 Å². The fourth-order valence-corrected chi connectivity index (χ4v) is 4.03. The van der Waals surface area contributed by atoms with Crippen molar-refractivity contribution in [2.75, 3.05) is 7.11 Å². The second-order valence-electron chi connectivity index (χ2n) is 7.58. The number of ether oxygens (including phenoxy) is 1. The van der Waals surface area contributed by atoms with Gasteiger partial charge in [-0.05, 0) is 51.2 Å². The zero-order valence-corrected chi connectivity index (χ0v) is 16.9. The first kappa shape index (κ1) is 18.6. The van der Waals surface area contributed by atoms with Crippen molar-refractivity contribution in [3.8, 4) is 17.0 Å². The van der Waals surface area contributed by atoms with Crippen molar-refractivity contribution >= 4 is 11.2 Å². The van der Waals surface area contributed by atoms with Gasteiger partial charge in [-0.2, -0.15) is 0 Å². The first-order valence-electron chi connectivity index (χ1n) is 9.95. The van der Waals surface area contributed by atoms with Gasteiger partial charge >= 0.3 is 0 Å². The van der Waals surface area contributed by atoms with Gasteiger partial charge in [0.05, 0.1) is 7.11 Å². The Morgan fingerprint density at radius 1 is 1.14 bits per heavy atom. The number of hydrogen-bond acceptors (Lipinski definition) is 5. The number of aryl methyl sites for hydroxylation is 2. The zero-order valence-electron chi connectivity index (χ0n) is 16.9. The number of hydrogen-bond donors (Lipinski definition) is 0. The Hall–Kier alpha value is -2.76. The Morgan fingerprint density at radius 2 is 1.93 bits per heavy atom. The topological polar surface area (TPSA) is 69.9 Å². The molecule has 3 aromatic heterocycles. The van der Waals surface area contributed by atoms with Gasteiger partial charge in [0.25, 0.3) is 5.56 Å². The highest BCUT2D eigenvalue weighted by atomic mass is 16.5. The molecule has 1 aliphatic carbocycles. The van der Waals surface area contributed by atoms with Gasteiger partial charge < -0.3 is 4.74 Å². The summed E-state index contributed by atoms with van der Waals surface area (Å²) in [5.74, 6) is 1.15. The lowest BCUT2D eigenvalue weighted by atomic mass is 10.0. The van der Waals surface area contributed by atoms with Crippen LogP contribution in [-0.2, 0) is 0 Å². The van der Waals surface area contributed by atoms with Crippen LogP contribution in [0.5, 0.6) is 5.88 Å². The molecule has 0 saturated heterocycles. The van der Waals surface area contributed by atoms with Gasteiger partial charge in [-0.15, -0.1) is 0 Å². The molecule has 0 aliphatic heterocycles. The molecular formula is C22H26N4O2. The van der Waals surface area contributed by atoms with Crippen molar-refractivity contribution in [2.24, 2.45) is 5.92 Å². The summed E-state index contributed by atoms with van der Waals surface area (Å²) in [5, 5.41) is 0. The Kier molecular flexibility index (Phi) is 4.87.